The van der Waals surface area contributed by atoms with Crippen LogP contribution in [0.4, 0.5) is 10.1 Å². The molecule has 33 heavy (non-hydrogen) atoms. The molecule has 0 aliphatic carbocycles. The molecule has 0 aromatic heterocycles. The summed E-state index contributed by atoms with van der Waals surface area (Å²) in [7, 11) is 1.75. The molecule has 0 amide bonds. The van der Waals surface area contributed by atoms with Crippen LogP contribution in [0.25, 0.3) is 5.70 Å². The number of ether oxygens (including phenoxy) is 1. The minimum Gasteiger partial charge on any atom is -0.383 e. The lowest BCUT2D eigenvalue weighted by Crippen LogP contribution is -2.40. The number of rotatable bonds is 10. The monoisotopic (exact) mass is 456 g/mol. The molecule has 7 nitrogen and oxygen atoms in total. The molecule has 1 aromatic rings. The van der Waals surface area contributed by atoms with Gasteiger partial charge in [-0.15, -0.1) is 0 Å². The summed E-state index contributed by atoms with van der Waals surface area (Å²) >= 11 is 0. The average Bonchev–Trinajstić information content (AvgIpc) is 2.84. The number of aliphatic imine (C=N–C) groups is 3. The topological polar surface area (TPSA) is 82.4 Å². The summed E-state index contributed by atoms with van der Waals surface area (Å²) in [5.41, 5.74) is 3.53. The van der Waals surface area contributed by atoms with Crippen LogP contribution in [-0.2, 0) is 4.74 Å². The number of piperidine rings is 1. The number of anilines is 1. The number of allylic oxidation sites excluding steroid dienone is 1. The molecule has 0 saturated carbocycles. The standard InChI is InChI=1S/C25H37FN6O/c1-4-29-23-15-22(19-9-10-21(20(26)14-19)30-12-7-13-33-5-2)32-25(24(23)27-3)31-17-18-8-6-11-28-16-18/h9-10,14-15,18,28,30H,4-8,11-13,16-17H2,1-3H3,(H,31,32). The Morgan fingerprint density at radius 2 is 2.12 bits per heavy atom. The van der Waals surface area contributed by atoms with E-state index in [-0.39, 0.29) is 5.82 Å². The van der Waals surface area contributed by atoms with E-state index in [1.807, 2.05) is 26.0 Å². The second-order valence-corrected chi connectivity index (χ2v) is 8.19. The number of halogens is 1. The first-order chi connectivity index (χ1) is 16.2. The van der Waals surface area contributed by atoms with Crippen LogP contribution in [0, 0.1) is 11.7 Å². The number of amidine groups is 1. The van der Waals surface area contributed by atoms with Crippen molar-refractivity contribution in [3.05, 3.63) is 35.7 Å². The van der Waals surface area contributed by atoms with Crippen LogP contribution in [0.1, 0.15) is 38.7 Å². The maximum Gasteiger partial charge on any atom is 0.153 e. The summed E-state index contributed by atoms with van der Waals surface area (Å²) in [5, 5.41) is 9.97. The van der Waals surface area contributed by atoms with Crippen molar-refractivity contribution in [1.82, 2.24) is 10.6 Å². The average molecular weight is 457 g/mol. The van der Waals surface area contributed by atoms with Crippen LogP contribution in [0.15, 0.2) is 39.3 Å². The van der Waals surface area contributed by atoms with Crippen molar-refractivity contribution in [3.8, 4) is 0 Å². The molecular formula is C25H37FN6O. The van der Waals surface area contributed by atoms with Crippen molar-refractivity contribution in [2.45, 2.75) is 33.1 Å². The molecule has 8 heteroatoms. The summed E-state index contributed by atoms with van der Waals surface area (Å²) in [6.45, 7) is 9.40. The van der Waals surface area contributed by atoms with Gasteiger partial charge in [0.15, 0.2) is 5.84 Å². The van der Waals surface area contributed by atoms with E-state index in [0.29, 0.717) is 43.7 Å². The predicted octanol–water partition coefficient (Wildman–Crippen LogP) is 3.54. The first-order valence-electron chi connectivity index (χ1n) is 12.0. The second kappa shape index (κ2) is 13.2. The molecule has 3 rings (SSSR count). The predicted molar refractivity (Wildman–Crippen MR) is 136 cm³/mol. The van der Waals surface area contributed by atoms with Crippen LogP contribution < -0.4 is 16.0 Å². The van der Waals surface area contributed by atoms with Gasteiger partial charge in [-0.2, -0.15) is 0 Å². The zero-order valence-electron chi connectivity index (χ0n) is 20.1. The molecule has 2 aliphatic rings. The molecule has 1 saturated heterocycles. The Labute approximate surface area is 196 Å². The molecule has 1 fully saturated rings. The van der Waals surface area contributed by atoms with Crippen molar-refractivity contribution in [2.24, 2.45) is 20.9 Å². The van der Waals surface area contributed by atoms with Crippen LogP contribution in [0.3, 0.4) is 0 Å². The Hall–Kier alpha value is -2.58. The van der Waals surface area contributed by atoms with E-state index in [2.05, 4.69) is 25.9 Å². The molecule has 0 radical (unpaired) electrons. The van der Waals surface area contributed by atoms with Crippen LogP contribution in [0.5, 0.6) is 0 Å². The number of hydrogen-bond acceptors (Lipinski definition) is 6. The second-order valence-electron chi connectivity index (χ2n) is 8.19. The van der Waals surface area contributed by atoms with Gasteiger partial charge >= 0.3 is 0 Å². The highest BCUT2D eigenvalue weighted by Gasteiger charge is 2.23. The summed E-state index contributed by atoms with van der Waals surface area (Å²) in [5.74, 6) is 0.922. The summed E-state index contributed by atoms with van der Waals surface area (Å²) in [6.07, 6.45) is 5.10. The minimum atomic E-state index is -0.290. The zero-order valence-corrected chi connectivity index (χ0v) is 20.1. The van der Waals surface area contributed by atoms with E-state index in [1.54, 1.807) is 19.2 Å². The first-order valence-corrected chi connectivity index (χ1v) is 12.0. The molecule has 0 bridgehead atoms. The van der Waals surface area contributed by atoms with E-state index in [4.69, 9.17) is 9.73 Å². The van der Waals surface area contributed by atoms with Crippen molar-refractivity contribution in [3.63, 3.8) is 0 Å². The van der Waals surface area contributed by atoms with E-state index < -0.39 is 0 Å². The Morgan fingerprint density at radius 1 is 1.24 bits per heavy atom. The molecule has 2 aliphatic heterocycles. The summed E-state index contributed by atoms with van der Waals surface area (Å²) < 4.78 is 20.1. The van der Waals surface area contributed by atoms with E-state index >= 15 is 0 Å². The van der Waals surface area contributed by atoms with Gasteiger partial charge in [0, 0.05) is 51.2 Å². The van der Waals surface area contributed by atoms with Gasteiger partial charge in [-0.1, -0.05) is 6.07 Å². The fourth-order valence-corrected chi connectivity index (χ4v) is 4.00. The van der Waals surface area contributed by atoms with E-state index in [1.165, 1.54) is 12.8 Å². The molecule has 2 heterocycles. The molecule has 1 aromatic carbocycles. The quantitative estimate of drug-likeness (QED) is 0.471. The van der Waals surface area contributed by atoms with Crippen LogP contribution >= 0.6 is 0 Å². The lowest BCUT2D eigenvalue weighted by Gasteiger charge is -2.24. The van der Waals surface area contributed by atoms with Crippen LogP contribution in [-0.4, -0.2) is 70.2 Å². The molecule has 0 spiro atoms. The Morgan fingerprint density at radius 3 is 2.82 bits per heavy atom. The van der Waals surface area contributed by atoms with Crippen molar-refractivity contribution in [1.29, 1.82) is 0 Å². The van der Waals surface area contributed by atoms with Gasteiger partial charge in [-0.3, -0.25) is 15.0 Å². The highest BCUT2D eigenvalue weighted by atomic mass is 19.1. The lowest BCUT2D eigenvalue weighted by molar-refractivity contribution is 0.147. The van der Waals surface area contributed by atoms with Gasteiger partial charge in [0.05, 0.1) is 11.4 Å². The molecule has 3 N–H and O–H groups in total. The number of nitrogens with one attached hydrogen (secondary N) is 3. The third kappa shape index (κ3) is 7.20. The molecular weight excluding hydrogens is 419 g/mol. The van der Waals surface area contributed by atoms with Crippen molar-refractivity contribution >= 4 is 28.6 Å². The largest absolute Gasteiger partial charge is 0.383 e. The minimum absolute atomic E-state index is 0.290. The maximum absolute atomic E-state index is 14.8. The van der Waals surface area contributed by atoms with Crippen molar-refractivity contribution < 1.29 is 9.13 Å². The van der Waals surface area contributed by atoms with Gasteiger partial charge in [0.25, 0.3) is 0 Å². The number of hydrogen-bond donors (Lipinski definition) is 3. The molecule has 1 atom stereocenters. The maximum atomic E-state index is 14.8. The Balaban J connectivity index is 1.77. The Kier molecular flexibility index (Phi) is 10.0. The lowest BCUT2D eigenvalue weighted by atomic mass is 9.99. The van der Waals surface area contributed by atoms with Crippen molar-refractivity contribution in [2.75, 3.05) is 58.3 Å². The highest BCUT2D eigenvalue weighted by molar-refractivity contribution is 6.72. The van der Waals surface area contributed by atoms with Gasteiger partial charge in [-0.25, -0.2) is 4.39 Å². The van der Waals surface area contributed by atoms with Gasteiger partial charge < -0.3 is 20.7 Å². The van der Waals surface area contributed by atoms with Gasteiger partial charge in [-0.05, 0) is 70.3 Å². The number of nitrogens with zero attached hydrogens (tertiary/aromatic N) is 3. The fraction of sp³-hybridized carbons (Fsp3) is 0.560. The zero-order chi connectivity index (χ0) is 23.5. The smallest absolute Gasteiger partial charge is 0.153 e. The molecule has 180 valence electrons. The first kappa shape index (κ1) is 25.1. The summed E-state index contributed by atoms with van der Waals surface area (Å²) in [4.78, 5) is 13.9. The fourth-order valence-electron chi connectivity index (χ4n) is 4.00. The third-order valence-corrected chi connectivity index (χ3v) is 5.72. The highest BCUT2D eigenvalue weighted by Crippen LogP contribution is 2.22. The Bertz CT molecular complexity index is 902. The normalized spacial score (nSPS) is 22.5. The van der Waals surface area contributed by atoms with Gasteiger partial charge in [0.2, 0.25) is 0 Å². The van der Waals surface area contributed by atoms with E-state index in [9.17, 15) is 4.39 Å². The van der Waals surface area contributed by atoms with E-state index in [0.717, 1.165) is 48.7 Å². The SMILES string of the molecule is CCN=C1C=C(c2ccc(NCCCOCC)c(F)c2)NC(=NCC2CCCNC2)C1=NC. The summed E-state index contributed by atoms with van der Waals surface area (Å²) in [6, 6.07) is 5.23. The number of benzene rings is 1. The van der Waals surface area contributed by atoms with Gasteiger partial charge in [0.1, 0.15) is 11.5 Å². The molecule has 1 unspecified atom stereocenters. The third-order valence-electron chi connectivity index (χ3n) is 5.72. The van der Waals surface area contributed by atoms with Crippen LogP contribution in [0.2, 0.25) is 0 Å².